The van der Waals surface area contributed by atoms with Gasteiger partial charge in [0, 0.05) is 48.5 Å². The molecule has 8 heteroatoms. The number of halogens is 1. The van der Waals surface area contributed by atoms with Crippen molar-refractivity contribution >= 4 is 22.6 Å². The van der Waals surface area contributed by atoms with Crippen LogP contribution in [-0.4, -0.2) is 15.0 Å². The molecule has 7 nitrogen and oxygen atoms in total. The van der Waals surface area contributed by atoms with E-state index in [2.05, 4.69) is 40.1 Å². The number of fused-ring (bicyclic) bond motifs is 1. The first-order valence-electron chi connectivity index (χ1n) is 12.0. The number of ether oxygens (including phenoxy) is 2. The number of nitriles is 1. The second-order valence-corrected chi connectivity index (χ2v) is 9.12. The van der Waals surface area contributed by atoms with Crippen molar-refractivity contribution in [3.63, 3.8) is 0 Å². The summed E-state index contributed by atoms with van der Waals surface area (Å²) in [5.41, 5.74) is 13.9. The summed E-state index contributed by atoms with van der Waals surface area (Å²) in [4.78, 5) is 12.9. The highest BCUT2D eigenvalue weighted by Gasteiger charge is 2.13. The van der Waals surface area contributed by atoms with E-state index in [4.69, 9.17) is 32.1 Å². The molecule has 0 fully saturated rings. The average molecular weight is 522 g/mol. The largest absolute Gasteiger partial charge is 0.488 e. The Balaban J connectivity index is 1.36. The summed E-state index contributed by atoms with van der Waals surface area (Å²) in [6.45, 7) is 2.88. The Labute approximate surface area is 225 Å². The summed E-state index contributed by atoms with van der Waals surface area (Å²) in [6.07, 6.45) is 6.56. The lowest BCUT2D eigenvalue weighted by atomic mass is 9.96. The average Bonchev–Trinajstić information content (AvgIpc) is 2.96. The Kier molecular flexibility index (Phi) is 7.45. The molecule has 0 saturated heterocycles. The molecule has 0 aliphatic rings. The van der Waals surface area contributed by atoms with Crippen LogP contribution in [0.1, 0.15) is 27.8 Å². The number of rotatable bonds is 8. The minimum absolute atomic E-state index is 0.230. The number of pyridine rings is 1. The predicted octanol–water partition coefficient (Wildman–Crippen LogP) is 6.14. The van der Waals surface area contributed by atoms with E-state index in [1.165, 1.54) is 6.20 Å². The molecule has 0 bridgehead atoms. The number of hydrogen-bond acceptors (Lipinski definition) is 7. The van der Waals surface area contributed by atoms with E-state index in [1.54, 1.807) is 36.8 Å². The van der Waals surface area contributed by atoms with Gasteiger partial charge in [0.05, 0.1) is 21.6 Å². The number of nitrogens with zero attached hydrogens (tertiary/aromatic N) is 4. The molecule has 188 valence electrons. The number of nitrogens with two attached hydrogens (primary N) is 1. The Bertz CT molecular complexity index is 1670. The van der Waals surface area contributed by atoms with Crippen LogP contribution >= 0.6 is 11.6 Å². The van der Waals surface area contributed by atoms with Crippen LogP contribution in [0.3, 0.4) is 0 Å². The first-order chi connectivity index (χ1) is 18.6. The monoisotopic (exact) mass is 521 g/mol. The fraction of sp³-hybridized carbons (Fsp3) is 0.133. The third-order valence-corrected chi connectivity index (χ3v) is 6.56. The summed E-state index contributed by atoms with van der Waals surface area (Å²) in [5, 5.41) is 9.56. The van der Waals surface area contributed by atoms with Gasteiger partial charge in [-0.2, -0.15) is 5.26 Å². The molecule has 0 saturated carbocycles. The summed E-state index contributed by atoms with van der Waals surface area (Å²) >= 11 is 6.53. The number of hydrogen-bond donors (Lipinski definition) is 1. The molecule has 2 N–H and O–H groups in total. The van der Waals surface area contributed by atoms with Crippen LogP contribution in [0, 0.1) is 18.3 Å². The van der Waals surface area contributed by atoms with E-state index in [0.717, 1.165) is 44.4 Å². The summed E-state index contributed by atoms with van der Waals surface area (Å²) < 4.78 is 12.2. The molecule has 0 atom stereocenters. The SMILES string of the molecule is Cc1c(COc2cc(OCc3cncc(C#N)c3)c(CN)cc2Cl)cccc1-c1ccc2nccnc2c1. The van der Waals surface area contributed by atoms with Gasteiger partial charge in [-0.15, -0.1) is 0 Å². The van der Waals surface area contributed by atoms with Gasteiger partial charge in [-0.1, -0.05) is 35.9 Å². The highest BCUT2D eigenvalue weighted by Crippen LogP contribution is 2.35. The van der Waals surface area contributed by atoms with Crippen molar-refractivity contribution in [2.45, 2.75) is 26.7 Å². The Morgan fingerprint density at radius 2 is 1.71 bits per heavy atom. The highest BCUT2D eigenvalue weighted by atomic mass is 35.5. The quantitative estimate of drug-likeness (QED) is 0.261. The molecule has 2 heterocycles. The minimum Gasteiger partial charge on any atom is -0.488 e. The van der Waals surface area contributed by atoms with E-state index in [-0.39, 0.29) is 13.2 Å². The summed E-state index contributed by atoms with van der Waals surface area (Å²) in [7, 11) is 0. The molecule has 0 radical (unpaired) electrons. The van der Waals surface area contributed by atoms with Crippen molar-refractivity contribution in [2.24, 2.45) is 5.73 Å². The third kappa shape index (κ3) is 5.42. The molecule has 5 rings (SSSR count). The van der Waals surface area contributed by atoms with Crippen LogP contribution < -0.4 is 15.2 Å². The van der Waals surface area contributed by atoms with E-state index in [9.17, 15) is 0 Å². The van der Waals surface area contributed by atoms with E-state index >= 15 is 0 Å². The van der Waals surface area contributed by atoms with Gasteiger partial charge in [0.25, 0.3) is 0 Å². The standard InChI is InChI=1S/C30H24ClN5O2/c1-19-23(3-2-4-25(19)22-5-6-27-28(11-22)36-8-7-35-27)18-38-30-12-29(24(14-33)10-26(30)31)37-17-21-9-20(13-32)15-34-16-21/h2-12,15-16H,14,17-18,33H2,1H3. The predicted molar refractivity (Wildman–Crippen MR) is 147 cm³/mol. The van der Waals surface area contributed by atoms with Crippen LogP contribution in [0.25, 0.3) is 22.2 Å². The Hall–Kier alpha value is -4.51. The van der Waals surface area contributed by atoms with Crippen molar-refractivity contribution in [2.75, 3.05) is 0 Å². The van der Waals surface area contributed by atoms with Crippen molar-refractivity contribution in [1.82, 2.24) is 15.0 Å². The van der Waals surface area contributed by atoms with Gasteiger partial charge < -0.3 is 15.2 Å². The first kappa shape index (κ1) is 25.2. The zero-order valence-corrected chi connectivity index (χ0v) is 21.4. The fourth-order valence-corrected chi connectivity index (χ4v) is 4.45. The smallest absolute Gasteiger partial charge is 0.142 e. The Morgan fingerprint density at radius 1 is 0.895 bits per heavy atom. The fourth-order valence-electron chi connectivity index (χ4n) is 4.21. The van der Waals surface area contributed by atoms with Crippen molar-refractivity contribution in [1.29, 1.82) is 5.26 Å². The van der Waals surface area contributed by atoms with Gasteiger partial charge in [0.2, 0.25) is 0 Å². The Morgan fingerprint density at radius 3 is 2.53 bits per heavy atom. The topological polar surface area (TPSA) is 107 Å². The minimum atomic E-state index is 0.230. The molecular formula is C30H24ClN5O2. The van der Waals surface area contributed by atoms with Gasteiger partial charge >= 0.3 is 0 Å². The zero-order valence-electron chi connectivity index (χ0n) is 20.7. The normalized spacial score (nSPS) is 10.8. The molecule has 2 aromatic heterocycles. The molecular weight excluding hydrogens is 498 g/mol. The molecule has 0 aliphatic heterocycles. The van der Waals surface area contributed by atoms with Crippen LogP contribution in [0.5, 0.6) is 11.5 Å². The third-order valence-electron chi connectivity index (χ3n) is 6.26. The lowest BCUT2D eigenvalue weighted by Gasteiger charge is -2.16. The molecule has 0 unspecified atom stereocenters. The van der Waals surface area contributed by atoms with E-state index < -0.39 is 0 Å². The van der Waals surface area contributed by atoms with Gasteiger partial charge in [-0.25, -0.2) is 0 Å². The van der Waals surface area contributed by atoms with Gasteiger partial charge in [0.1, 0.15) is 30.8 Å². The van der Waals surface area contributed by atoms with Crippen molar-refractivity contribution in [3.05, 3.63) is 112 Å². The van der Waals surface area contributed by atoms with Crippen LogP contribution in [0.4, 0.5) is 0 Å². The van der Waals surface area contributed by atoms with Gasteiger partial charge in [-0.3, -0.25) is 15.0 Å². The van der Waals surface area contributed by atoms with Crippen LogP contribution in [0.15, 0.2) is 79.4 Å². The number of aromatic nitrogens is 3. The molecule has 38 heavy (non-hydrogen) atoms. The maximum Gasteiger partial charge on any atom is 0.142 e. The summed E-state index contributed by atoms with van der Waals surface area (Å²) in [6, 6.07) is 19.5. The van der Waals surface area contributed by atoms with Crippen molar-refractivity contribution in [3.8, 4) is 28.7 Å². The van der Waals surface area contributed by atoms with Crippen LogP contribution in [-0.2, 0) is 19.8 Å². The number of benzene rings is 3. The van der Waals surface area contributed by atoms with Gasteiger partial charge in [-0.05, 0) is 53.4 Å². The molecule has 0 amide bonds. The lowest BCUT2D eigenvalue weighted by molar-refractivity contribution is 0.287. The highest BCUT2D eigenvalue weighted by molar-refractivity contribution is 6.32. The zero-order chi connectivity index (χ0) is 26.5. The van der Waals surface area contributed by atoms with E-state index in [1.807, 2.05) is 24.3 Å². The molecule has 0 aliphatic carbocycles. The second kappa shape index (κ2) is 11.3. The molecule has 0 spiro atoms. The maximum atomic E-state index is 9.11. The molecule has 5 aromatic rings. The van der Waals surface area contributed by atoms with Crippen LogP contribution in [0.2, 0.25) is 5.02 Å². The maximum absolute atomic E-state index is 9.11. The molecule has 3 aromatic carbocycles. The van der Waals surface area contributed by atoms with E-state index in [0.29, 0.717) is 28.7 Å². The summed E-state index contributed by atoms with van der Waals surface area (Å²) in [5.74, 6) is 1.06. The lowest BCUT2D eigenvalue weighted by Crippen LogP contribution is -2.05. The first-order valence-corrected chi connectivity index (χ1v) is 12.3. The second-order valence-electron chi connectivity index (χ2n) is 8.72. The van der Waals surface area contributed by atoms with Crippen molar-refractivity contribution < 1.29 is 9.47 Å². The van der Waals surface area contributed by atoms with Gasteiger partial charge in [0.15, 0.2) is 0 Å².